The van der Waals surface area contributed by atoms with Gasteiger partial charge in [-0.2, -0.15) is 0 Å². The van der Waals surface area contributed by atoms with E-state index in [4.69, 9.17) is 21.1 Å². The maximum atomic E-state index is 12.6. The van der Waals surface area contributed by atoms with Gasteiger partial charge in [0.15, 0.2) is 11.5 Å². The summed E-state index contributed by atoms with van der Waals surface area (Å²) in [4.78, 5) is 15.0. The van der Waals surface area contributed by atoms with Crippen LogP contribution in [0.3, 0.4) is 0 Å². The van der Waals surface area contributed by atoms with Crippen LogP contribution in [0.15, 0.2) is 12.1 Å². The molecule has 0 bridgehead atoms. The van der Waals surface area contributed by atoms with Crippen LogP contribution >= 0.6 is 11.6 Å². The second kappa shape index (κ2) is 9.88. The summed E-state index contributed by atoms with van der Waals surface area (Å²) in [5.41, 5.74) is 0.509. The number of piperidine rings is 1. The first-order chi connectivity index (χ1) is 12.1. The summed E-state index contributed by atoms with van der Waals surface area (Å²) in [6.07, 6.45) is 2.83. The Morgan fingerprint density at radius 3 is 2.56 bits per heavy atom. The van der Waals surface area contributed by atoms with E-state index < -0.39 is 0 Å². The number of halogens is 1. The van der Waals surface area contributed by atoms with Crippen molar-refractivity contribution in [3.05, 3.63) is 22.7 Å². The van der Waals surface area contributed by atoms with Gasteiger partial charge in [-0.3, -0.25) is 4.79 Å². The average molecular weight is 369 g/mol. The molecule has 140 valence electrons. The van der Waals surface area contributed by atoms with Crippen LogP contribution in [0.1, 0.15) is 50.4 Å². The molecule has 1 amide bonds. The molecule has 6 heteroatoms. The Labute approximate surface area is 155 Å². The van der Waals surface area contributed by atoms with Crippen LogP contribution in [-0.2, 0) is 0 Å². The van der Waals surface area contributed by atoms with Crippen molar-refractivity contribution in [1.82, 2.24) is 10.2 Å². The Bertz CT molecular complexity index is 572. The van der Waals surface area contributed by atoms with E-state index in [9.17, 15) is 4.79 Å². The van der Waals surface area contributed by atoms with Gasteiger partial charge in [-0.15, -0.1) is 0 Å². The molecule has 1 heterocycles. The number of carbonyl (C=O) groups is 1. The van der Waals surface area contributed by atoms with Crippen molar-refractivity contribution in [2.24, 2.45) is 0 Å². The maximum absolute atomic E-state index is 12.6. The summed E-state index contributed by atoms with van der Waals surface area (Å²) >= 11 is 6.34. The van der Waals surface area contributed by atoms with Crippen LogP contribution in [0.5, 0.6) is 11.5 Å². The lowest BCUT2D eigenvalue weighted by Gasteiger charge is -2.31. The average Bonchev–Trinajstić information content (AvgIpc) is 2.61. The second-order valence-corrected chi connectivity index (χ2v) is 6.66. The van der Waals surface area contributed by atoms with Crippen molar-refractivity contribution >= 4 is 17.5 Å². The summed E-state index contributed by atoms with van der Waals surface area (Å²) in [5, 5.41) is 3.53. The van der Waals surface area contributed by atoms with Gasteiger partial charge < -0.3 is 19.7 Å². The first-order valence-electron chi connectivity index (χ1n) is 9.21. The van der Waals surface area contributed by atoms with Gasteiger partial charge in [-0.1, -0.05) is 25.4 Å². The van der Waals surface area contributed by atoms with E-state index >= 15 is 0 Å². The van der Waals surface area contributed by atoms with E-state index in [0.29, 0.717) is 35.3 Å². The van der Waals surface area contributed by atoms with Gasteiger partial charge in [-0.05, 0) is 44.9 Å². The number of hydrogen-bond donors (Lipinski definition) is 1. The van der Waals surface area contributed by atoms with Crippen LogP contribution in [0.2, 0.25) is 5.02 Å². The van der Waals surface area contributed by atoms with Crippen molar-refractivity contribution < 1.29 is 14.3 Å². The molecule has 1 aromatic rings. The van der Waals surface area contributed by atoms with Crippen LogP contribution in [0.4, 0.5) is 0 Å². The molecular weight excluding hydrogens is 340 g/mol. The SMILES string of the molecule is CCCOc1c(Cl)cc(C(=O)NC2CCN(CC)CC2)cc1OCC. The number of likely N-dealkylation sites (tertiary alicyclic amines) is 1. The lowest BCUT2D eigenvalue weighted by Crippen LogP contribution is -2.44. The van der Waals surface area contributed by atoms with Crippen molar-refractivity contribution in [2.45, 2.75) is 46.1 Å². The quantitative estimate of drug-likeness (QED) is 0.759. The molecule has 0 saturated carbocycles. The summed E-state index contributed by atoms with van der Waals surface area (Å²) in [6, 6.07) is 3.59. The lowest BCUT2D eigenvalue weighted by atomic mass is 10.0. The molecule has 1 aliphatic heterocycles. The largest absolute Gasteiger partial charge is 0.490 e. The fourth-order valence-electron chi connectivity index (χ4n) is 2.97. The van der Waals surface area contributed by atoms with E-state index in [-0.39, 0.29) is 11.9 Å². The Kier molecular flexibility index (Phi) is 7.85. The molecule has 0 unspecified atom stereocenters. The van der Waals surface area contributed by atoms with E-state index in [1.54, 1.807) is 12.1 Å². The molecule has 1 aliphatic rings. The van der Waals surface area contributed by atoms with E-state index in [2.05, 4.69) is 17.1 Å². The molecule has 1 N–H and O–H groups in total. The van der Waals surface area contributed by atoms with Gasteiger partial charge in [-0.25, -0.2) is 0 Å². The van der Waals surface area contributed by atoms with Crippen molar-refractivity contribution in [3.63, 3.8) is 0 Å². The number of amides is 1. The highest BCUT2D eigenvalue weighted by atomic mass is 35.5. The van der Waals surface area contributed by atoms with Crippen LogP contribution in [-0.4, -0.2) is 49.7 Å². The van der Waals surface area contributed by atoms with Crippen LogP contribution in [0.25, 0.3) is 0 Å². The minimum Gasteiger partial charge on any atom is -0.490 e. The Morgan fingerprint density at radius 1 is 1.24 bits per heavy atom. The molecule has 2 rings (SSSR count). The van der Waals surface area contributed by atoms with Crippen molar-refractivity contribution in [2.75, 3.05) is 32.8 Å². The molecule has 1 saturated heterocycles. The smallest absolute Gasteiger partial charge is 0.251 e. The van der Waals surface area contributed by atoms with Crippen LogP contribution < -0.4 is 14.8 Å². The Balaban J connectivity index is 2.08. The van der Waals surface area contributed by atoms with E-state index in [1.165, 1.54) is 0 Å². The highest BCUT2D eigenvalue weighted by Gasteiger charge is 2.22. The molecule has 1 aromatic carbocycles. The highest BCUT2D eigenvalue weighted by molar-refractivity contribution is 6.32. The van der Waals surface area contributed by atoms with Crippen molar-refractivity contribution in [1.29, 1.82) is 0 Å². The maximum Gasteiger partial charge on any atom is 0.251 e. The summed E-state index contributed by atoms with van der Waals surface area (Å²) < 4.78 is 11.3. The minimum atomic E-state index is -0.111. The number of carbonyl (C=O) groups excluding carboxylic acids is 1. The Hall–Kier alpha value is -1.46. The number of nitrogens with one attached hydrogen (secondary N) is 1. The molecule has 0 atom stereocenters. The molecule has 5 nitrogen and oxygen atoms in total. The second-order valence-electron chi connectivity index (χ2n) is 6.25. The van der Waals surface area contributed by atoms with Gasteiger partial charge >= 0.3 is 0 Å². The van der Waals surface area contributed by atoms with Gasteiger partial charge in [0.2, 0.25) is 0 Å². The topological polar surface area (TPSA) is 50.8 Å². The van der Waals surface area contributed by atoms with E-state index in [0.717, 1.165) is 38.9 Å². The zero-order valence-electron chi connectivity index (χ0n) is 15.4. The zero-order chi connectivity index (χ0) is 18.2. The fraction of sp³-hybridized carbons (Fsp3) is 0.632. The third kappa shape index (κ3) is 5.51. The molecule has 1 fully saturated rings. The predicted molar refractivity (Wildman–Crippen MR) is 101 cm³/mol. The van der Waals surface area contributed by atoms with Gasteiger partial charge in [0.25, 0.3) is 5.91 Å². The van der Waals surface area contributed by atoms with E-state index in [1.807, 2.05) is 13.8 Å². The Morgan fingerprint density at radius 2 is 1.96 bits per heavy atom. The molecule has 25 heavy (non-hydrogen) atoms. The fourth-order valence-corrected chi connectivity index (χ4v) is 3.23. The third-order valence-corrected chi connectivity index (χ3v) is 4.67. The minimum absolute atomic E-state index is 0.111. The molecule has 0 spiro atoms. The number of benzene rings is 1. The monoisotopic (exact) mass is 368 g/mol. The number of rotatable bonds is 8. The van der Waals surface area contributed by atoms with Gasteiger partial charge in [0.1, 0.15) is 0 Å². The number of ether oxygens (including phenoxy) is 2. The summed E-state index contributed by atoms with van der Waals surface area (Å²) in [5.74, 6) is 0.924. The predicted octanol–water partition coefficient (Wildman–Crippen LogP) is 3.74. The third-order valence-electron chi connectivity index (χ3n) is 4.39. The molecule has 0 aliphatic carbocycles. The highest BCUT2D eigenvalue weighted by Crippen LogP contribution is 2.37. The molecule has 0 radical (unpaired) electrons. The normalized spacial score (nSPS) is 15.8. The molecule has 0 aromatic heterocycles. The van der Waals surface area contributed by atoms with Gasteiger partial charge in [0.05, 0.1) is 18.2 Å². The number of nitrogens with zero attached hydrogens (tertiary/aromatic N) is 1. The summed E-state index contributed by atoms with van der Waals surface area (Å²) in [7, 11) is 0. The molecular formula is C19H29ClN2O3. The van der Waals surface area contributed by atoms with Crippen molar-refractivity contribution in [3.8, 4) is 11.5 Å². The first-order valence-corrected chi connectivity index (χ1v) is 9.59. The summed E-state index contributed by atoms with van der Waals surface area (Å²) in [6.45, 7) is 10.2. The lowest BCUT2D eigenvalue weighted by molar-refractivity contribution is 0.0912. The first kappa shape index (κ1) is 19.9. The standard InChI is InChI=1S/C19H29ClN2O3/c1-4-11-25-18-16(20)12-14(13-17(18)24-6-3)19(23)21-15-7-9-22(5-2)10-8-15/h12-13,15H,4-11H2,1-3H3,(H,21,23). The number of hydrogen-bond acceptors (Lipinski definition) is 4. The van der Waals surface area contributed by atoms with Crippen LogP contribution in [0, 0.1) is 0 Å². The zero-order valence-corrected chi connectivity index (χ0v) is 16.2. The van der Waals surface area contributed by atoms with Gasteiger partial charge in [0, 0.05) is 24.7 Å².